The molecule has 2 rings (SSSR count). The average Bonchev–Trinajstić information content (AvgIpc) is 3.17. The molecule has 100 valence electrons. The predicted molar refractivity (Wildman–Crippen MR) is 72.7 cm³/mol. The third kappa shape index (κ3) is 4.06. The molecule has 0 atom stereocenters. The standard InChI is InChI=1S/C12H12BrN3O3/c13-8-1-4-10(17)7(5-8)6-14-16-12(19)11(18)15-9-2-3-9/h1,4-6,9,17H,2-3H2,(H,15,18)(H,16,19)/b14-6+. The van der Waals surface area contributed by atoms with E-state index in [1.54, 1.807) is 12.1 Å². The van der Waals surface area contributed by atoms with Crippen molar-refractivity contribution in [2.75, 3.05) is 0 Å². The monoisotopic (exact) mass is 325 g/mol. The highest BCUT2D eigenvalue weighted by atomic mass is 79.9. The second-order valence-electron chi connectivity index (χ2n) is 4.15. The highest BCUT2D eigenvalue weighted by molar-refractivity contribution is 9.10. The number of benzene rings is 1. The van der Waals surface area contributed by atoms with Crippen LogP contribution in [0.1, 0.15) is 18.4 Å². The van der Waals surface area contributed by atoms with Crippen LogP contribution in [0, 0.1) is 0 Å². The Kier molecular flexibility index (Phi) is 4.16. The summed E-state index contributed by atoms with van der Waals surface area (Å²) >= 11 is 3.25. The molecule has 3 N–H and O–H groups in total. The van der Waals surface area contributed by atoms with E-state index in [9.17, 15) is 14.7 Å². The van der Waals surface area contributed by atoms with Gasteiger partial charge in [0.05, 0.1) is 6.21 Å². The molecule has 1 aromatic carbocycles. The van der Waals surface area contributed by atoms with Gasteiger partial charge in [-0.1, -0.05) is 15.9 Å². The van der Waals surface area contributed by atoms with Crippen molar-refractivity contribution in [3.63, 3.8) is 0 Å². The van der Waals surface area contributed by atoms with Crippen LogP contribution in [0.5, 0.6) is 5.75 Å². The van der Waals surface area contributed by atoms with Crippen LogP contribution in [0.15, 0.2) is 27.8 Å². The van der Waals surface area contributed by atoms with Crippen LogP contribution >= 0.6 is 15.9 Å². The predicted octanol–water partition coefficient (Wildman–Crippen LogP) is 0.883. The van der Waals surface area contributed by atoms with Crippen molar-refractivity contribution in [2.24, 2.45) is 5.10 Å². The Labute approximate surface area is 118 Å². The fourth-order valence-electron chi connectivity index (χ4n) is 1.32. The van der Waals surface area contributed by atoms with Gasteiger partial charge in [-0.15, -0.1) is 0 Å². The molecule has 0 radical (unpaired) electrons. The highest BCUT2D eigenvalue weighted by Gasteiger charge is 2.26. The van der Waals surface area contributed by atoms with E-state index in [1.807, 2.05) is 0 Å². The molecule has 1 aliphatic rings. The van der Waals surface area contributed by atoms with Crippen molar-refractivity contribution in [3.8, 4) is 5.75 Å². The summed E-state index contributed by atoms with van der Waals surface area (Å²) in [5.74, 6) is -1.49. The summed E-state index contributed by atoms with van der Waals surface area (Å²) in [6, 6.07) is 4.92. The lowest BCUT2D eigenvalue weighted by Gasteiger charge is -2.01. The largest absolute Gasteiger partial charge is 0.507 e. The molecule has 0 aromatic heterocycles. The molecule has 2 amide bonds. The fourth-order valence-corrected chi connectivity index (χ4v) is 1.70. The second kappa shape index (κ2) is 5.83. The number of phenolic OH excluding ortho intramolecular Hbond substituents is 1. The zero-order valence-electron chi connectivity index (χ0n) is 9.89. The van der Waals surface area contributed by atoms with E-state index in [1.165, 1.54) is 12.3 Å². The van der Waals surface area contributed by atoms with Gasteiger partial charge < -0.3 is 10.4 Å². The Morgan fingerprint density at radius 1 is 1.37 bits per heavy atom. The first-order valence-corrected chi connectivity index (χ1v) is 6.48. The van der Waals surface area contributed by atoms with E-state index in [2.05, 4.69) is 31.8 Å². The maximum Gasteiger partial charge on any atom is 0.329 e. The summed E-state index contributed by atoms with van der Waals surface area (Å²) in [6.07, 6.45) is 3.09. The Morgan fingerprint density at radius 3 is 2.79 bits per heavy atom. The number of rotatable bonds is 3. The fraction of sp³-hybridized carbons (Fsp3) is 0.250. The molecular formula is C12H12BrN3O3. The Bertz CT molecular complexity index is 541. The van der Waals surface area contributed by atoms with E-state index in [4.69, 9.17) is 0 Å². The number of halogens is 1. The number of phenols is 1. The molecule has 1 aliphatic carbocycles. The number of carbonyl (C=O) groups excluding carboxylic acids is 2. The summed E-state index contributed by atoms with van der Waals surface area (Å²) in [5.41, 5.74) is 2.53. The van der Waals surface area contributed by atoms with E-state index < -0.39 is 11.8 Å². The first kappa shape index (κ1) is 13.5. The molecule has 0 bridgehead atoms. The Hall–Kier alpha value is -1.89. The normalized spacial score (nSPS) is 14.4. The van der Waals surface area contributed by atoms with Crippen LogP contribution in [0.4, 0.5) is 0 Å². The molecule has 1 fully saturated rings. The van der Waals surface area contributed by atoms with Crippen LogP contribution in [0.3, 0.4) is 0 Å². The van der Waals surface area contributed by atoms with E-state index >= 15 is 0 Å². The highest BCUT2D eigenvalue weighted by Crippen LogP contribution is 2.20. The van der Waals surface area contributed by atoms with Gasteiger partial charge in [0, 0.05) is 16.1 Å². The smallest absolute Gasteiger partial charge is 0.329 e. The molecular weight excluding hydrogens is 314 g/mol. The average molecular weight is 326 g/mol. The molecule has 0 saturated heterocycles. The number of carbonyl (C=O) groups is 2. The van der Waals surface area contributed by atoms with Crippen molar-refractivity contribution < 1.29 is 14.7 Å². The van der Waals surface area contributed by atoms with Crippen molar-refractivity contribution >= 4 is 34.0 Å². The maximum absolute atomic E-state index is 11.3. The summed E-state index contributed by atoms with van der Waals surface area (Å²) < 4.78 is 0.768. The van der Waals surface area contributed by atoms with Gasteiger partial charge in [-0.3, -0.25) is 9.59 Å². The van der Waals surface area contributed by atoms with Crippen LogP contribution < -0.4 is 10.7 Å². The minimum absolute atomic E-state index is 0.0311. The Morgan fingerprint density at radius 2 is 2.11 bits per heavy atom. The molecule has 19 heavy (non-hydrogen) atoms. The summed E-state index contributed by atoms with van der Waals surface area (Å²) in [7, 11) is 0. The lowest BCUT2D eigenvalue weighted by Crippen LogP contribution is -2.38. The number of aromatic hydroxyl groups is 1. The van der Waals surface area contributed by atoms with E-state index in [-0.39, 0.29) is 11.8 Å². The lowest BCUT2D eigenvalue weighted by molar-refractivity contribution is -0.139. The van der Waals surface area contributed by atoms with Crippen LogP contribution in [0.25, 0.3) is 0 Å². The quantitative estimate of drug-likeness (QED) is 0.438. The number of nitrogens with zero attached hydrogens (tertiary/aromatic N) is 1. The zero-order valence-corrected chi connectivity index (χ0v) is 11.5. The molecule has 0 spiro atoms. The summed E-state index contributed by atoms with van der Waals surface area (Å²) in [6.45, 7) is 0. The molecule has 1 aromatic rings. The SMILES string of the molecule is O=C(N/N=C/c1cc(Br)ccc1O)C(=O)NC1CC1. The maximum atomic E-state index is 11.3. The minimum Gasteiger partial charge on any atom is -0.507 e. The van der Waals surface area contributed by atoms with Crippen molar-refractivity contribution in [1.82, 2.24) is 10.7 Å². The van der Waals surface area contributed by atoms with Crippen LogP contribution in [-0.4, -0.2) is 29.2 Å². The van der Waals surface area contributed by atoms with Gasteiger partial charge in [0.1, 0.15) is 5.75 Å². The van der Waals surface area contributed by atoms with Gasteiger partial charge in [-0.05, 0) is 31.0 Å². The van der Waals surface area contributed by atoms with E-state index in [0.717, 1.165) is 17.3 Å². The summed E-state index contributed by atoms with van der Waals surface area (Å²) in [4.78, 5) is 22.6. The van der Waals surface area contributed by atoms with Crippen LogP contribution in [0.2, 0.25) is 0 Å². The van der Waals surface area contributed by atoms with Gasteiger partial charge >= 0.3 is 11.8 Å². The van der Waals surface area contributed by atoms with E-state index in [0.29, 0.717) is 5.56 Å². The van der Waals surface area contributed by atoms with Gasteiger partial charge in [0.2, 0.25) is 0 Å². The van der Waals surface area contributed by atoms with Crippen molar-refractivity contribution in [1.29, 1.82) is 0 Å². The zero-order chi connectivity index (χ0) is 13.8. The van der Waals surface area contributed by atoms with Crippen molar-refractivity contribution in [2.45, 2.75) is 18.9 Å². The number of hydrogen-bond donors (Lipinski definition) is 3. The van der Waals surface area contributed by atoms with Gasteiger partial charge in [-0.25, -0.2) is 5.43 Å². The van der Waals surface area contributed by atoms with Crippen molar-refractivity contribution in [3.05, 3.63) is 28.2 Å². The molecule has 0 heterocycles. The number of hydrazone groups is 1. The molecule has 0 unspecified atom stereocenters. The Balaban J connectivity index is 1.89. The first-order valence-electron chi connectivity index (χ1n) is 5.68. The third-order valence-electron chi connectivity index (χ3n) is 2.48. The molecule has 1 saturated carbocycles. The second-order valence-corrected chi connectivity index (χ2v) is 5.07. The van der Waals surface area contributed by atoms with Gasteiger partial charge in [0.15, 0.2) is 0 Å². The summed E-state index contributed by atoms with van der Waals surface area (Å²) in [5, 5.41) is 15.7. The first-order chi connectivity index (χ1) is 9.06. The topological polar surface area (TPSA) is 90.8 Å². The van der Waals surface area contributed by atoms with Gasteiger partial charge in [-0.2, -0.15) is 5.10 Å². The molecule has 0 aliphatic heterocycles. The lowest BCUT2D eigenvalue weighted by atomic mass is 10.2. The molecule has 7 heteroatoms. The third-order valence-corrected chi connectivity index (χ3v) is 2.97. The minimum atomic E-state index is -0.822. The number of hydrogen-bond acceptors (Lipinski definition) is 4. The van der Waals surface area contributed by atoms with Gasteiger partial charge in [0.25, 0.3) is 0 Å². The van der Waals surface area contributed by atoms with Crippen LogP contribution in [-0.2, 0) is 9.59 Å². The number of amides is 2. The molecule has 6 nitrogen and oxygen atoms in total. The number of nitrogens with one attached hydrogen (secondary N) is 2.